The summed E-state index contributed by atoms with van der Waals surface area (Å²) < 4.78 is 0. The molecule has 0 bridgehead atoms. The number of nitrogens with zero attached hydrogens (tertiary/aromatic N) is 2. The molecule has 7 heteroatoms. The van der Waals surface area contributed by atoms with Gasteiger partial charge in [0.25, 0.3) is 0 Å². The minimum atomic E-state index is 0.691. The van der Waals surface area contributed by atoms with E-state index in [1.165, 1.54) is 10.9 Å². The van der Waals surface area contributed by atoms with Crippen LogP contribution < -0.4 is 0 Å². The van der Waals surface area contributed by atoms with Crippen LogP contribution in [0.1, 0.15) is 22.3 Å². The van der Waals surface area contributed by atoms with Gasteiger partial charge in [-0.3, -0.25) is 0 Å². The number of aryl methyl sites for hydroxylation is 2. The fraction of sp³-hybridized carbons (Fsp3) is 0.0714. The molecular formula is C28H22Br2Cl2N2Ni. The van der Waals surface area contributed by atoms with Gasteiger partial charge in [-0.15, -0.1) is 0 Å². The van der Waals surface area contributed by atoms with Crippen LogP contribution in [-0.4, -0.2) is 11.4 Å². The molecule has 0 aliphatic rings. The summed E-state index contributed by atoms with van der Waals surface area (Å²) in [7, 11) is 1.25. The van der Waals surface area contributed by atoms with Gasteiger partial charge in [0.2, 0.25) is 0 Å². The molecule has 0 N–H and O–H groups in total. The molecule has 0 aliphatic carbocycles. The van der Waals surface area contributed by atoms with Crippen molar-refractivity contribution >= 4 is 74.5 Å². The normalized spacial score (nSPS) is 11.7. The van der Waals surface area contributed by atoms with Crippen LogP contribution in [0.5, 0.6) is 0 Å². The summed E-state index contributed by atoms with van der Waals surface area (Å²) in [6.07, 6.45) is 0. The monoisotopic (exact) mass is 672 g/mol. The summed E-state index contributed by atoms with van der Waals surface area (Å²) in [6.45, 7) is 4.02. The molecule has 4 rings (SSSR count). The third kappa shape index (κ3) is 8.13. The first kappa shape index (κ1) is 27.8. The van der Waals surface area contributed by atoms with Gasteiger partial charge in [0.1, 0.15) is 0 Å². The molecule has 0 radical (unpaired) electrons. The maximum absolute atomic E-state index is 6.18. The van der Waals surface area contributed by atoms with Crippen molar-refractivity contribution in [2.75, 3.05) is 0 Å². The van der Waals surface area contributed by atoms with E-state index in [-0.39, 0.29) is 0 Å². The van der Waals surface area contributed by atoms with E-state index in [0.717, 1.165) is 45.1 Å². The second kappa shape index (κ2) is 14.1. The van der Waals surface area contributed by atoms with Crippen LogP contribution in [-0.2, 0) is 10.9 Å². The average Bonchev–Trinajstić information content (AvgIpc) is 2.85. The Morgan fingerprint density at radius 2 is 0.943 bits per heavy atom. The van der Waals surface area contributed by atoms with Gasteiger partial charge < -0.3 is 0 Å². The second-order valence-electron chi connectivity index (χ2n) is 7.56. The number of aliphatic imine (C=N–C) groups is 2. The SMILES string of the molecule is Cc1cc(Cl)ccc1N=C(C(=Nc1ccc(Cl)cc1C)c1ccccc1)c1ccccc1.[Br][Ni][Br]. The standard InChI is InChI=1S/C28H22Cl2N2.2BrH.Ni/c1-19-17-23(29)13-15-25(19)31-27(21-9-5-3-6-10-21)28(22-11-7-4-8-12-22)32-26-16-14-24(30)18-20(26)2;;;/h3-18H,1-2H3;2*1H;/q;;;+2/p-2. The summed E-state index contributed by atoms with van der Waals surface area (Å²) >= 11 is 18.4. The Morgan fingerprint density at radius 1 is 0.600 bits per heavy atom. The van der Waals surface area contributed by atoms with E-state index in [1.807, 2.05) is 86.6 Å². The fourth-order valence-corrected chi connectivity index (χ4v) is 3.88. The van der Waals surface area contributed by atoms with E-state index >= 15 is 0 Å². The number of hydrogen-bond acceptors (Lipinski definition) is 2. The van der Waals surface area contributed by atoms with Crippen molar-refractivity contribution in [2.24, 2.45) is 9.98 Å². The molecule has 35 heavy (non-hydrogen) atoms. The maximum atomic E-state index is 6.18. The zero-order valence-electron chi connectivity index (χ0n) is 19.0. The Bertz CT molecular complexity index is 1220. The molecule has 4 aromatic carbocycles. The third-order valence-electron chi connectivity index (χ3n) is 5.10. The second-order valence-corrected chi connectivity index (χ2v) is 13.4. The molecule has 0 saturated heterocycles. The summed E-state index contributed by atoms with van der Waals surface area (Å²) in [4.78, 5) is 10.2. The molecule has 0 heterocycles. The average molecular weight is 676 g/mol. The first-order valence-electron chi connectivity index (χ1n) is 10.6. The summed E-state index contributed by atoms with van der Waals surface area (Å²) in [6, 6.07) is 31.7. The van der Waals surface area contributed by atoms with Crippen molar-refractivity contribution in [1.29, 1.82) is 0 Å². The number of rotatable bonds is 5. The summed E-state index contributed by atoms with van der Waals surface area (Å²) in [5.41, 5.74) is 7.25. The van der Waals surface area contributed by atoms with Crippen molar-refractivity contribution in [3.63, 3.8) is 0 Å². The third-order valence-corrected chi connectivity index (χ3v) is 5.57. The van der Waals surface area contributed by atoms with Crippen molar-refractivity contribution in [2.45, 2.75) is 13.8 Å². The minimum absolute atomic E-state index is 0.691. The Morgan fingerprint density at radius 3 is 1.26 bits per heavy atom. The Balaban J connectivity index is 0.00000108. The zero-order valence-corrected chi connectivity index (χ0v) is 24.6. The molecule has 2 nitrogen and oxygen atoms in total. The van der Waals surface area contributed by atoms with Crippen LogP contribution >= 0.6 is 51.7 Å². The molecule has 0 fully saturated rings. The van der Waals surface area contributed by atoms with Crippen LogP contribution in [0.3, 0.4) is 0 Å². The molecule has 0 aromatic heterocycles. The van der Waals surface area contributed by atoms with Crippen LogP contribution in [0, 0.1) is 13.8 Å². The number of hydrogen-bond donors (Lipinski definition) is 0. The van der Waals surface area contributed by atoms with Crippen LogP contribution in [0.15, 0.2) is 107 Å². The van der Waals surface area contributed by atoms with Crippen molar-refractivity contribution < 1.29 is 10.9 Å². The molecule has 0 saturated carbocycles. The van der Waals surface area contributed by atoms with E-state index in [9.17, 15) is 0 Å². The fourth-order valence-electron chi connectivity index (χ4n) is 3.43. The van der Waals surface area contributed by atoms with Crippen molar-refractivity contribution in [1.82, 2.24) is 0 Å². The van der Waals surface area contributed by atoms with Gasteiger partial charge >= 0.3 is 39.3 Å². The number of halogens is 4. The molecular weight excluding hydrogens is 654 g/mol. The van der Waals surface area contributed by atoms with Gasteiger partial charge in [0, 0.05) is 21.2 Å². The zero-order chi connectivity index (χ0) is 25.2. The summed E-state index contributed by atoms with van der Waals surface area (Å²) in [5.74, 6) is 0. The van der Waals surface area contributed by atoms with Gasteiger partial charge in [-0.05, 0) is 61.4 Å². The van der Waals surface area contributed by atoms with Gasteiger partial charge in [-0.25, -0.2) is 9.98 Å². The van der Waals surface area contributed by atoms with Crippen LogP contribution in [0.25, 0.3) is 0 Å². The Labute approximate surface area is 236 Å². The van der Waals surface area contributed by atoms with E-state index in [1.54, 1.807) is 0 Å². The van der Waals surface area contributed by atoms with Gasteiger partial charge in [0.15, 0.2) is 0 Å². The molecule has 182 valence electrons. The molecule has 0 spiro atoms. The van der Waals surface area contributed by atoms with Crippen molar-refractivity contribution in [3.05, 3.63) is 129 Å². The first-order chi connectivity index (χ1) is 16.9. The predicted molar refractivity (Wildman–Crippen MR) is 156 cm³/mol. The van der Waals surface area contributed by atoms with Gasteiger partial charge in [-0.2, -0.15) is 0 Å². The van der Waals surface area contributed by atoms with Gasteiger partial charge in [-0.1, -0.05) is 83.9 Å². The molecule has 0 aliphatic heterocycles. The van der Waals surface area contributed by atoms with Crippen LogP contribution in [0.4, 0.5) is 11.4 Å². The molecule has 0 atom stereocenters. The van der Waals surface area contributed by atoms with Crippen molar-refractivity contribution in [3.8, 4) is 0 Å². The molecule has 4 aromatic rings. The first-order valence-corrected chi connectivity index (χ1v) is 16.2. The number of benzene rings is 4. The van der Waals surface area contributed by atoms with Crippen LogP contribution in [0.2, 0.25) is 10.0 Å². The van der Waals surface area contributed by atoms with E-state index in [4.69, 9.17) is 33.2 Å². The van der Waals surface area contributed by atoms with E-state index in [2.05, 4.69) is 52.7 Å². The molecule has 0 unspecified atom stereocenters. The predicted octanol–water partition coefficient (Wildman–Crippen LogP) is 10.2. The Hall–Kier alpha value is -1.75. The van der Waals surface area contributed by atoms with E-state index < -0.39 is 0 Å². The quantitative estimate of drug-likeness (QED) is 0.149. The molecule has 0 amide bonds. The Kier molecular flexibility index (Phi) is 11.2. The topological polar surface area (TPSA) is 24.7 Å². The van der Waals surface area contributed by atoms with E-state index in [0.29, 0.717) is 10.0 Å². The van der Waals surface area contributed by atoms with Gasteiger partial charge in [0.05, 0.1) is 22.8 Å². The summed E-state index contributed by atoms with van der Waals surface area (Å²) in [5, 5.41) is 1.38.